The van der Waals surface area contributed by atoms with Crippen molar-refractivity contribution in [3.63, 3.8) is 0 Å². The Kier molecular flexibility index (Phi) is 6.11. The summed E-state index contributed by atoms with van der Waals surface area (Å²) >= 11 is 0. The lowest BCUT2D eigenvalue weighted by atomic mass is 10.1. The minimum Gasteiger partial charge on any atom is -0.491 e. The molecular weight excluding hydrogens is 376 g/mol. The summed E-state index contributed by atoms with van der Waals surface area (Å²) in [6.07, 6.45) is 3.00. The van der Waals surface area contributed by atoms with Crippen LogP contribution in [0.4, 0.5) is 0 Å². The maximum Gasteiger partial charge on any atom is 0.241 e. The van der Waals surface area contributed by atoms with E-state index in [1.54, 1.807) is 29.2 Å². The van der Waals surface area contributed by atoms with Gasteiger partial charge in [0.1, 0.15) is 18.4 Å². The molecule has 0 bridgehead atoms. The molecule has 0 saturated carbocycles. The third-order valence-electron chi connectivity index (χ3n) is 4.15. The Hall–Kier alpha value is -2.71. The number of hydrogen-bond donors (Lipinski definition) is 1. The second kappa shape index (κ2) is 8.53. The summed E-state index contributed by atoms with van der Waals surface area (Å²) in [6, 6.07) is 13.8. The summed E-state index contributed by atoms with van der Waals surface area (Å²) in [4.78, 5) is 4.12. The van der Waals surface area contributed by atoms with Crippen LogP contribution in [0.25, 0.3) is 0 Å². The smallest absolute Gasteiger partial charge is 0.241 e. The van der Waals surface area contributed by atoms with Crippen molar-refractivity contribution in [3.8, 4) is 5.75 Å². The van der Waals surface area contributed by atoms with Crippen LogP contribution in [0.15, 0.2) is 66.1 Å². The van der Waals surface area contributed by atoms with E-state index in [-0.39, 0.29) is 11.0 Å². The number of ether oxygens (including phenoxy) is 1. The van der Waals surface area contributed by atoms with E-state index in [0.717, 1.165) is 11.1 Å². The standard InChI is InChI=1S/C20H24N4O3S/c1-15(2)27-20-10-9-18(11-16(20)3)28(25,26)23-19(12-24-14-21-13-22-24)17-7-5-4-6-8-17/h4-11,13-15,19,23H,12H2,1-3H3. The molecule has 1 atom stereocenters. The molecule has 0 aliphatic carbocycles. The fraction of sp³-hybridized carbons (Fsp3) is 0.300. The van der Waals surface area contributed by atoms with Gasteiger partial charge in [0.05, 0.1) is 23.6 Å². The molecule has 8 heteroatoms. The van der Waals surface area contributed by atoms with E-state index in [2.05, 4.69) is 14.8 Å². The topological polar surface area (TPSA) is 86.1 Å². The predicted octanol–water partition coefficient (Wildman–Crippen LogP) is 3.09. The molecule has 1 heterocycles. The van der Waals surface area contributed by atoms with Gasteiger partial charge in [-0.25, -0.2) is 18.1 Å². The number of nitrogens with one attached hydrogen (secondary N) is 1. The zero-order valence-corrected chi connectivity index (χ0v) is 16.9. The monoisotopic (exact) mass is 400 g/mol. The molecule has 2 aromatic carbocycles. The van der Waals surface area contributed by atoms with E-state index in [9.17, 15) is 8.42 Å². The highest BCUT2D eigenvalue weighted by Crippen LogP contribution is 2.24. The minimum atomic E-state index is -3.75. The molecule has 28 heavy (non-hydrogen) atoms. The van der Waals surface area contributed by atoms with Crippen LogP contribution in [0.1, 0.15) is 31.0 Å². The minimum absolute atomic E-state index is 0.0180. The van der Waals surface area contributed by atoms with Crippen molar-refractivity contribution in [2.24, 2.45) is 0 Å². The lowest BCUT2D eigenvalue weighted by molar-refractivity contribution is 0.240. The fourth-order valence-corrected chi connectivity index (χ4v) is 4.14. The number of rotatable bonds is 8. The zero-order valence-electron chi connectivity index (χ0n) is 16.1. The third-order valence-corrected chi connectivity index (χ3v) is 5.62. The van der Waals surface area contributed by atoms with Crippen molar-refractivity contribution < 1.29 is 13.2 Å². The number of nitrogens with zero attached hydrogens (tertiary/aromatic N) is 3. The maximum absolute atomic E-state index is 13.0. The van der Waals surface area contributed by atoms with Gasteiger partial charge in [0.25, 0.3) is 0 Å². The molecule has 0 aliphatic heterocycles. The fourth-order valence-electron chi connectivity index (χ4n) is 2.84. The predicted molar refractivity (Wildman–Crippen MR) is 106 cm³/mol. The molecule has 0 radical (unpaired) electrons. The second-order valence-corrected chi connectivity index (χ2v) is 8.51. The van der Waals surface area contributed by atoms with Gasteiger partial charge in [0.15, 0.2) is 0 Å². The van der Waals surface area contributed by atoms with Gasteiger partial charge in [-0.3, -0.25) is 4.68 Å². The summed E-state index contributed by atoms with van der Waals surface area (Å²) in [6.45, 7) is 6.03. The first kappa shape index (κ1) is 20.0. The first-order chi connectivity index (χ1) is 13.3. The summed E-state index contributed by atoms with van der Waals surface area (Å²) in [5, 5.41) is 4.09. The average Bonchev–Trinajstić information content (AvgIpc) is 3.16. The summed E-state index contributed by atoms with van der Waals surface area (Å²) in [5.41, 5.74) is 1.61. The van der Waals surface area contributed by atoms with Gasteiger partial charge in [-0.05, 0) is 50.1 Å². The molecular formula is C20H24N4O3S. The van der Waals surface area contributed by atoms with Gasteiger partial charge in [0, 0.05) is 0 Å². The van der Waals surface area contributed by atoms with E-state index in [1.807, 2.05) is 51.1 Å². The molecule has 3 aromatic rings. The van der Waals surface area contributed by atoms with Gasteiger partial charge in [-0.1, -0.05) is 30.3 Å². The number of benzene rings is 2. The van der Waals surface area contributed by atoms with Crippen LogP contribution < -0.4 is 9.46 Å². The summed E-state index contributed by atoms with van der Waals surface area (Å²) in [5.74, 6) is 0.677. The van der Waals surface area contributed by atoms with E-state index < -0.39 is 16.1 Å². The van der Waals surface area contributed by atoms with E-state index >= 15 is 0 Å². The molecule has 0 amide bonds. The van der Waals surface area contributed by atoms with E-state index in [1.165, 1.54) is 6.33 Å². The molecule has 1 N–H and O–H groups in total. The number of aromatic nitrogens is 3. The van der Waals surface area contributed by atoms with Crippen LogP contribution in [-0.4, -0.2) is 29.3 Å². The Bertz CT molecular complexity index is 1000. The lowest BCUT2D eigenvalue weighted by Gasteiger charge is -2.20. The van der Waals surface area contributed by atoms with Crippen LogP contribution in [0.3, 0.4) is 0 Å². The van der Waals surface area contributed by atoms with Gasteiger partial charge >= 0.3 is 0 Å². The molecule has 0 saturated heterocycles. The normalized spacial score (nSPS) is 12.9. The van der Waals surface area contributed by atoms with Crippen molar-refractivity contribution in [1.82, 2.24) is 19.5 Å². The van der Waals surface area contributed by atoms with Crippen molar-refractivity contribution in [3.05, 3.63) is 72.3 Å². The Labute approximate surface area is 165 Å². The molecule has 1 aromatic heterocycles. The van der Waals surface area contributed by atoms with Crippen molar-refractivity contribution in [2.45, 2.75) is 44.4 Å². The van der Waals surface area contributed by atoms with Crippen LogP contribution >= 0.6 is 0 Å². The van der Waals surface area contributed by atoms with Crippen LogP contribution in [0.2, 0.25) is 0 Å². The highest BCUT2D eigenvalue weighted by molar-refractivity contribution is 7.89. The lowest BCUT2D eigenvalue weighted by Crippen LogP contribution is -2.31. The van der Waals surface area contributed by atoms with Crippen LogP contribution in [-0.2, 0) is 16.6 Å². The first-order valence-corrected chi connectivity index (χ1v) is 10.5. The number of hydrogen-bond acceptors (Lipinski definition) is 5. The molecule has 1 unspecified atom stereocenters. The van der Waals surface area contributed by atoms with Crippen LogP contribution in [0.5, 0.6) is 5.75 Å². The Morgan fingerprint density at radius 1 is 1.14 bits per heavy atom. The van der Waals surface area contributed by atoms with Gasteiger partial charge < -0.3 is 4.74 Å². The zero-order chi connectivity index (χ0) is 20.1. The Morgan fingerprint density at radius 3 is 2.50 bits per heavy atom. The first-order valence-electron chi connectivity index (χ1n) is 9.02. The SMILES string of the molecule is Cc1cc(S(=O)(=O)NC(Cn2cncn2)c2ccccc2)ccc1OC(C)C. The summed E-state index contributed by atoms with van der Waals surface area (Å²) in [7, 11) is -3.75. The van der Waals surface area contributed by atoms with Crippen LogP contribution in [0, 0.1) is 6.92 Å². The summed E-state index contributed by atoms with van der Waals surface area (Å²) < 4.78 is 36.2. The third kappa shape index (κ3) is 4.96. The molecule has 148 valence electrons. The Morgan fingerprint density at radius 2 is 1.89 bits per heavy atom. The van der Waals surface area contributed by atoms with E-state index in [0.29, 0.717) is 12.3 Å². The number of sulfonamides is 1. The van der Waals surface area contributed by atoms with Crippen molar-refractivity contribution >= 4 is 10.0 Å². The van der Waals surface area contributed by atoms with Gasteiger partial charge in [-0.2, -0.15) is 5.10 Å². The van der Waals surface area contributed by atoms with Gasteiger partial charge in [-0.15, -0.1) is 0 Å². The van der Waals surface area contributed by atoms with Crippen molar-refractivity contribution in [1.29, 1.82) is 0 Å². The van der Waals surface area contributed by atoms with Gasteiger partial charge in [0.2, 0.25) is 10.0 Å². The molecule has 0 aliphatic rings. The van der Waals surface area contributed by atoms with Crippen molar-refractivity contribution in [2.75, 3.05) is 0 Å². The largest absolute Gasteiger partial charge is 0.491 e. The van der Waals surface area contributed by atoms with E-state index in [4.69, 9.17) is 4.74 Å². The highest BCUT2D eigenvalue weighted by atomic mass is 32.2. The Balaban J connectivity index is 1.87. The molecule has 7 nitrogen and oxygen atoms in total. The molecule has 0 fully saturated rings. The second-order valence-electron chi connectivity index (χ2n) is 6.80. The highest BCUT2D eigenvalue weighted by Gasteiger charge is 2.23. The average molecular weight is 401 g/mol. The maximum atomic E-state index is 13.0. The quantitative estimate of drug-likeness (QED) is 0.628. The number of aryl methyl sites for hydroxylation is 1. The molecule has 0 spiro atoms. The molecule has 3 rings (SSSR count).